The third-order valence-electron chi connectivity index (χ3n) is 4.00. The molecule has 0 atom stereocenters. The zero-order valence-electron chi connectivity index (χ0n) is 14.9. The van der Waals surface area contributed by atoms with Crippen LogP contribution in [0.3, 0.4) is 0 Å². The highest BCUT2D eigenvalue weighted by atomic mass is 32.1. The Labute approximate surface area is 152 Å². The van der Waals surface area contributed by atoms with Crippen LogP contribution in [0.4, 0.5) is 0 Å². The van der Waals surface area contributed by atoms with E-state index in [4.69, 9.17) is 4.42 Å². The van der Waals surface area contributed by atoms with E-state index in [0.717, 1.165) is 46.4 Å². The number of aryl methyl sites for hydroxylation is 2. The molecule has 0 saturated heterocycles. The molecule has 2 aromatic heterocycles. The Morgan fingerprint density at radius 3 is 2.80 bits per heavy atom. The maximum atomic E-state index is 5.95. The Bertz CT molecular complexity index is 865. The van der Waals surface area contributed by atoms with Gasteiger partial charge >= 0.3 is 0 Å². The summed E-state index contributed by atoms with van der Waals surface area (Å²) in [7, 11) is 0. The normalized spacial score (nSPS) is 11.9. The van der Waals surface area contributed by atoms with Crippen molar-refractivity contribution in [2.24, 2.45) is 4.99 Å². The van der Waals surface area contributed by atoms with Gasteiger partial charge in [-0.05, 0) is 26.3 Å². The summed E-state index contributed by atoms with van der Waals surface area (Å²) in [5, 5.41) is 11.0. The highest BCUT2D eigenvalue weighted by Crippen LogP contribution is 2.24. The van der Waals surface area contributed by atoms with Crippen molar-refractivity contribution in [2.45, 2.75) is 40.3 Å². The molecule has 0 aliphatic rings. The molecule has 2 heterocycles. The quantitative estimate of drug-likeness (QED) is 0.517. The number of thiazole rings is 1. The lowest BCUT2D eigenvalue weighted by Gasteiger charge is -2.10. The second kappa shape index (κ2) is 8.16. The summed E-state index contributed by atoms with van der Waals surface area (Å²) < 4.78 is 5.95. The van der Waals surface area contributed by atoms with Gasteiger partial charge in [0.05, 0.1) is 23.8 Å². The number of guanidine groups is 1. The van der Waals surface area contributed by atoms with Crippen molar-refractivity contribution < 1.29 is 4.42 Å². The lowest BCUT2D eigenvalue weighted by Crippen LogP contribution is -2.36. The molecule has 3 aromatic rings. The van der Waals surface area contributed by atoms with Gasteiger partial charge in [0.25, 0.3) is 0 Å². The monoisotopic (exact) mass is 356 g/mol. The first-order valence-electron chi connectivity index (χ1n) is 8.63. The van der Waals surface area contributed by atoms with Crippen LogP contribution >= 0.6 is 11.3 Å². The molecule has 25 heavy (non-hydrogen) atoms. The molecule has 1 aromatic carbocycles. The maximum absolute atomic E-state index is 5.95. The first-order valence-corrected chi connectivity index (χ1v) is 9.51. The number of nitrogens with zero attached hydrogens (tertiary/aromatic N) is 2. The van der Waals surface area contributed by atoms with Gasteiger partial charge in [0.1, 0.15) is 11.3 Å². The zero-order chi connectivity index (χ0) is 17.6. The summed E-state index contributed by atoms with van der Waals surface area (Å²) in [6.45, 7) is 8.25. The molecule has 0 spiro atoms. The number of hydrogen-bond acceptors (Lipinski definition) is 4. The van der Waals surface area contributed by atoms with Gasteiger partial charge in [0.15, 0.2) is 5.96 Å². The minimum absolute atomic E-state index is 0.574. The first kappa shape index (κ1) is 17.5. The van der Waals surface area contributed by atoms with Crippen molar-refractivity contribution in [1.29, 1.82) is 0 Å². The molecule has 0 radical (unpaired) electrons. The molecule has 0 fully saturated rings. The zero-order valence-corrected chi connectivity index (χ0v) is 15.7. The summed E-state index contributed by atoms with van der Waals surface area (Å²) in [5.41, 5.74) is 3.11. The third-order valence-corrected chi connectivity index (χ3v) is 5.05. The summed E-state index contributed by atoms with van der Waals surface area (Å²) in [6, 6.07) is 8.11. The molecule has 0 aliphatic heterocycles. The number of nitrogens with one attached hydrogen (secondary N) is 2. The second-order valence-electron chi connectivity index (χ2n) is 5.78. The smallest absolute Gasteiger partial charge is 0.192 e. The Morgan fingerprint density at radius 1 is 1.24 bits per heavy atom. The second-order valence-corrected chi connectivity index (χ2v) is 6.72. The van der Waals surface area contributed by atoms with E-state index >= 15 is 0 Å². The number of fused-ring (bicyclic) bond motifs is 1. The van der Waals surface area contributed by atoms with Gasteiger partial charge in [-0.3, -0.25) is 0 Å². The van der Waals surface area contributed by atoms with E-state index < -0.39 is 0 Å². The maximum Gasteiger partial charge on any atom is 0.192 e. The minimum atomic E-state index is 0.574. The highest BCUT2D eigenvalue weighted by Gasteiger charge is 2.10. The number of benzene rings is 1. The standard InChI is InChI=1S/C19H24N4OS/c1-4-18-23-14(12-25-18)10-21-19(20-5-2)22-11-17-13(3)15-8-6-7-9-16(15)24-17/h6-9,12H,4-5,10-11H2,1-3H3,(H2,20,21,22). The van der Waals surface area contributed by atoms with E-state index in [2.05, 4.69) is 52.8 Å². The molecule has 132 valence electrons. The van der Waals surface area contributed by atoms with E-state index in [0.29, 0.717) is 13.1 Å². The summed E-state index contributed by atoms with van der Waals surface area (Å²) >= 11 is 1.69. The van der Waals surface area contributed by atoms with Crippen LogP contribution in [0.5, 0.6) is 0 Å². The lowest BCUT2D eigenvalue weighted by molar-refractivity contribution is 0.534. The van der Waals surface area contributed by atoms with E-state index in [1.54, 1.807) is 11.3 Å². The van der Waals surface area contributed by atoms with Crippen molar-refractivity contribution in [3.05, 3.63) is 51.7 Å². The van der Waals surface area contributed by atoms with Crippen LogP contribution < -0.4 is 10.6 Å². The lowest BCUT2D eigenvalue weighted by atomic mass is 10.1. The van der Waals surface area contributed by atoms with Crippen LogP contribution in [-0.4, -0.2) is 17.5 Å². The van der Waals surface area contributed by atoms with E-state index in [-0.39, 0.29) is 0 Å². The fourth-order valence-corrected chi connectivity index (χ4v) is 3.38. The van der Waals surface area contributed by atoms with Crippen LogP contribution in [0.25, 0.3) is 11.0 Å². The predicted molar refractivity (Wildman–Crippen MR) is 104 cm³/mol. The number of hydrogen-bond donors (Lipinski definition) is 2. The molecular formula is C19H24N4OS. The fraction of sp³-hybridized carbons (Fsp3) is 0.368. The van der Waals surface area contributed by atoms with Crippen molar-refractivity contribution in [3.63, 3.8) is 0 Å². The summed E-state index contributed by atoms with van der Waals surface area (Å²) in [6.07, 6.45) is 0.970. The molecule has 2 N–H and O–H groups in total. The van der Waals surface area contributed by atoms with Gasteiger partial charge in [0.2, 0.25) is 0 Å². The molecule has 0 bridgehead atoms. The largest absolute Gasteiger partial charge is 0.459 e. The van der Waals surface area contributed by atoms with Gasteiger partial charge < -0.3 is 15.1 Å². The van der Waals surface area contributed by atoms with Crippen LogP contribution in [0.15, 0.2) is 39.1 Å². The summed E-state index contributed by atoms with van der Waals surface area (Å²) in [4.78, 5) is 9.19. The number of aromatic nitrogens is 1. The topological polar surface area (TPSA) is 62.5 Å². The first-order chi connectivity index (χ1) is 12.2. The molecule has 6 heteroatoms. The van der Waals surface area contributed by atoms with Crippen molar-refractivity contribution in [2.75, 3.05) is 6.54 Å². The SMILES string of the molecule is CCNC(=NCc1csc(CC)n1)NCc1oc2ccccc2c1C. The molecule has 3 rings (SSSR count). The number of aliphatic imine (C=N–C) groups is 1. The molecule has 0 unspecified atom stereocenters. The number of para-hydroxylation sites is 1. The Kier molecular flexibility index (Phi) is 5.71. The highest BCUT2D eigenvalue weighted by molar-refractivity contribution is 7.09. The number of furan rings is 1. The predicted octanol–water partition coefficient (Wildman–Crippen LogP) is 4.02. The van der Waals surface area contributed by atoms with Crippen molar-refractivity contribution in [3.8, 4) is 0 Å². The summed E-state index contributed by atoms with van der Waals surface area (Å²) in [5.74, 6) is 1.71. The van der Waals surface area contributed by atoms with E-state index in [1.165, 1.54) is 5.56 Å². The van der Waals surface area contributed by atoms with Crippen LogP contribution in [0, 0.1) is 6.92 Å². The van der Waals surface area contributed by atoms with Gasteiger partial charge in [0, 0.05) is 22.9 Å². The average Bonchev–Trinajstić information content (AvgIpc) is 3.22. The van der Waals surface area contributed by atoms with E-state index in [1.807, 2.05) is 18.2 Å². The van der Waals surface area contributed by atoms with Crippen LogP contribution in [-0.2, 0) is 19.5 Å². The average molecular weight is 356 g/mol. The van der Waals surface area contributed by atoms with Crippen molar-refractivity contribution in [1.82, 2.24) is 15.6 Å². The van der Waals surface area contributed by atoms with Gasteiger partial charge in [-0.1, -0.05) is 25.1 Å². The van der Waals surface area contributed by atoms with Crippen LogP contribution in [0.2, 0.25) is 0 Å². The Balaban J connectivity index is 1.68. The molecule has 0 saturated carbocycles. The van der Waals surface area contributed by atoms with Crippen molar-refractivity contribution >= 4 is 28.3 Å². The molecular weight excluding hydrogens is 332 g/mol. The van der Waals surface area contributed by atoms with Gasteiger partial charge in [-0.15, -0.1) is 11.3 Å². The Morgan fingerprint density at radius 2 is 2.08 bits per heavy atom. The van der Waals surface area contributed by atoms with Crippen LogP contribution in [0.1, 0.15) is 35.9 Å². The fourth-order valence-electron chi connectivity index (χ4n) is 2.64. The minimum Gasteiger partial charge on any atom is -0.459 e. The third kappa shape index (κ3) is 4.20. The van der Waals surface area contributed by atoms with E-state index in [9.17, 15) is 0 Å². The molecule has 0 amide bonds. The molecule has 0 aliphatic carbocycles. The number of rotatable bonds is 6. The molecule has 5 nitrogen and oxygen atoms in total. The Hall–Kier alpha value is -2.34. The van der Waals surface area contributed by atoms with Gasteiger partial charge in [-0.2, -0.15) is 0 Å². The van der Waals surface area contributed by atoms with Gasteiger partial charge in [-0.25, -0.2) is 9.98 Å².